The van der Waals surface area contributed by atoms with Crippen molar-refractivity contribution < 1.29 is 4.79 Å². The van der Waals surface area contributed by atoms with Crippen LogP contribution < -0.4 is 10.6 Å². The molecule has 0 radical (unpaired) electrons. The van der Waals surface area contributed by atoms with E-state index in [1.807, 2.05) is 24.3 Å². The Bertz CT molecular complexity index is 592. The van der Waals surface area contributed by atoms with Gasteiger partial charge in [-0.25, -0.2) is 9.67 Å². The summed E-state index contributed by atoms with van der Waals surface area (Å²) in [7, 11) is 0. The van der Waals surface area contributed by atoms with Crippen molar-refractivity contribution in [2.45, 2.75) is 19.4 Å². The number of hydrogen-bond donors (Lipinski definition) is 2. The van der Waals surface area contributed by atoms with Crippen LogP contribution in [0.2, 0.25) is 0 Å². The van der Waals surface area contributed by atoms with E-state index in [4.69, 9.17) is 0 Å². The van der Waals surface area contributed by atoms with E-state index in [0.29, 0.717) is 13.1 Å². The SMILES string of the molecule is O=C(CNCC1CC1)Nc1cccc(Cn2cncn2)c1. The summed E-state index contributed by atoms with van der Waals surface area (Å²) < 4.78 is 1.75. The number of hydrogen-bond acceptors (Lipinski definition) is 4. The van der Waals surface area contributed by atoms with E-state index in [2.05, 4.69) is 20.7 Å². The van der Waals surface area contributed by atoms with Crippen LogP contribution in [0.5, 0.6) is 0 Å². The molecule has 110 valence electrons. The van der Waals surface area contributed by atoms with Crippen molar-refractivity contribution in [3.8, 4) is 0 Å². The Kier molecular flexibility index (Phi) is 4.25. The molecule has 1 aliphatic rings. The second kappa shape index (κ2) is 6.49. The molecule has 3 rings (SSSR count). The molecule has 2 N–H and O–H groups in total. The predicted octanol–water partition coefficient (Wildman–Crippen LogP) is 1.26. The zero-order valence-electron chi connectivity index (χ0n) is 11.8. The molecule has 1 amide bonds. The summed E-state index contributed by atoms with van der Waals surface area (Å²) >= 11 is 0. The van der Waals surface area contributed by atoms with Crippen LogP contribution in [0.1, 0.15) is 18.4 Å². The van der Waals surface area contributed by atoms with Gasteiger partial charge in [0.25, 0.3) is 0 Å². The quantitative estimate of drug-likeness (QED) is 0.803. The van der Waals surface area contributed by atoms with Crippen molar-refractivity contribution in [1.29, 1.82) is 0 Å². The second-order valence-electron chi connectivity index (χ2n) is 5.42. The number of aromatic nitrogens is 3. The number of nitrogens with zero attached hydrogens (tertiary/aromatic N) is 3. The van der Waals surface area contributed by atoms with Crippen LogP contribution >= 0.6 is 0 Å². The fourth-order valence-electron chi connectivity index (χ4n) is 2.17. The minimum Gasteiger partial charge on any atom is -0.325 e. The third kappa shape index (κ3) is 4.39. The molecule has 1 aromatic carbocycles. The highest BCUT2D eigenvalue weighted by molar-refractivity contribution is 5.92. The fourth-order valence-corrected chi connectivity index (χ4v) is 2.17. The lowest BCUT2D eigenvalue weighted by atomic mass is 10.2. The van der Waals surface area contributed by atoms with Crippen molar-refractivity contribution >= 4 is 11.6 Å². The van der Waals surface area contributed by atoms with E-state index in [9.17, 15) is 4.79 Å². The van der Waals surface area contributed by atoms with Gasteiger partial charge in [-0.3, -0.25) is 4.79 Å². The van der Waals surface area contributed by atoms with E-state index in [1.54, 1.807) is 11.0 Å². The molecule has 6 heteroatoms. The minimum atomic E-state index is -0.00597. The van der Waals surface area contributed by atoms with Gasteiger partial charge in [0, 0.05) is 5.69 Å². The molecule has 0 unspecified atom stereocenters. The second-order valence-corrected chi connectivity index (χ2v) is 5.42. The summed E-state index contributed by atoms with van der Waals surface area (Å²) in [5, 5.41) is 10.2. The molecule has 1 aliphatic carbocycles. The molecule has 2 aromatic rings. The number of carbonyl (C=O) groups excluding carboxylic acids is 1. The average molecular weight is 285 g/mol. The standard InChI is InChI=1S/C15H19N5O/c21-15(8-16-7-12-4-5-12)19-14-3-1-2-13(6-14)9-20-11-17-10-18-20/h1-3,6,10-12,16H,4-5,7-9H2,(H,19,21). The van der Waals surface area contributed by atoms with Crippen LogP contribution in [0.4, 0.5) is 5.69 Å². The summed E-state index contributed by atoms with van der Waals surface area (Å²) in [5.41, 5.74) is 1.88. The van der Waals surface area contributed by atoms with Gasteiger partial charge in [0.2, 0.25) is 5.91 Å². The first-order valence-corrected chi connectivity index (χ1v) is 7.21. The number of nitrogens with one attached hydrogen (secondary N) is 2. The molecule has 1 aromatic heterocycles. The van der Waals surface area contributed by atoms with E-state index in [-0.39, 0.29) is 5.91 Å². The number of carbonyl (C=O) groups is 1. The fraction of sp³-hybridized carbons (Fsp3) is 0.400. The first-order valence-electron chi connectivity index (χ1n) is 7.21. The Morgan fingerprint density at radius 3 is 3.05 bits per heavy atom. The van der Waals surface area contributed by atoms with E-state index >= 15 is 0 Å². The van der Waals surface area contributed by atoms with Gasteiger partial charge >= 0.3 is 0 Å². The predicted molar refractivity (Wildman–Crippen MR) is 79.8 cm³/mol. The van der Waals surface area contributed by atoms with Gasteiger partial charge < -0.3 is 10.6 Å². The number of amides is 1. The van der Waals surface area contributed by atoms with Gasteiger partial charge in [0.05, 0.1) is 13.1 Å². The molecule has 0 spiro atoms. The van der Waals surface area contributed by atoms with Crippen LogP contribution in [-0.2, 0) is 11.3 Å². The molecule has 1 heterocycles. The van der Waals surface area contributed by atoms with Crippen molar-refractivity contribution in [2.24, 2.45) is 5.92 Å². The summed E-state index contributed by atoms with van der Waals surface area (Å²) in [6, 6.07) is 7.78. The van der Waals surface area contributed by atoms with Crippen LogP contribution in [0.3, 0.4) is 0 Å². The highest BCUT2D eigenvalue weighted by Crippen LogP contribution is 2.27. The largest absolute Gasteiger partial charge is 0.325 e. The molecule has 21 heavy (non-hydrogen) atoms. The maximum Gasteiger partial charge on any atom is 0.238 e. The summed E-state index contributed by atoms with van der Waals surface area (Å²) in [6.45, 7) is 1.95. The van der Waals surface area contributed by atoms with Crippen LogP contribution in [-0.4, -0.2) is 33.8 Å². The Morgan fingerprint density at radius 2 is 2.29 bits per heavy atom. The third-order valence-corrected chi connectivity index (χ3v) is 3.44. The van der Waals surface area contributed by atoms with Gasteiger partial charge in [0.1, 0.15) is 12.7 Å². The third-order valence-electron chi connectivity index (χ3n) is 3.44. The highest BCUT2D eigenvalue weighted by atomic mass is 16.1. The van der Waals surface area contributed by atoms with E-state index in [0.717, 1.165) is 23.7 Å². The number of anilines is 1. The van der Waals surface area contributed by atoms with Crippen molar-refractivity contribution in [2.75, 3.05) is 18.4 Å². The average Bonchev–Trinajstić information content (AvgIpc) is 3.14. The highest BCUT2D eigenvalue weighted by Gasteiger charge is 2.20. The van der Waals surface area contributed by atoms with Gasteiger partial charge in [-0.2, -0.15) is 5.10 Å². The Hall–Kier alpha value is -2.21. The molecule has 1 saturated carbocycles. The number of benzene rings is 1. The van der Waals surface area contributed by atoms with E-state index in [1.165, 1.54) is 19.2 Å². The lowest BCUT2D eigenvalue weighted by molar-refractivity contribution is -0.115. The Morgan fingerprint density at radius 1 is 1.38 bits per heavy atom. The van der Waals surface area contributed by atoms with Gasteiger partial charge in [-0.15, -0.1) is 0 Å². The lowest BCUT2D eigenvalue weighted by Gasteiger charge is -2.08. The first kappa shape index (κ1) is 13.8. The van der Waals surface area contributed by atoms with Gasteiger partial charge in [-0.05, 0) is 43.0 Å². The summed E-state index contributed by atoms with van der Waals surface area (Å²) in [4.78, 5) is 15.8. The van der Waals surface area contributed by atoms with Crippen LogP contribution in [0, 0.1) is 5.92 Å². The lowest BCUT2D eigenvalue weighted by Crippen LogP contribution is -2.29. The van der Waals surface area contributed by atoms with Crippen molar-refractivity contribution in [1.82, 2.24) is 20.1 Å². The maximum absolute atomic E-state index is 11.8. The van der Waals surface area contributed by atoms with E-state index < -0.39 is 0 Å². The van der Waals surface area contributed by atoms with Gasteiger partial charge in [-0.1, -0.05) is 12.1 Å². The molecule has 0 bridgehead atoms. The normalized spacial score (nSPS) is 14.1. The molecular weight excluding hydrogens is 266 g/mol. The first-order chi connectivity index (χ1) is 10.3. The monoisotopic (exact) mass is 285 g/mol. The molecule has 0 atom stereocenters. The zero-order valence-corrected chi connectivity index (χ0v) is 11.8. The number of rotatable bonds is 7. The zero-order chi connectivity index (χ0) is 14.5. The van der Waals surface area contributed by atoms with Crippen molar-refractivity contribution in [3.05, 3.63) is 42.5 Å². The molecule has 0 aliphatic heterocycles. The molecule has 1 fully saturated rings. The van der Waals surface area contributed by atoms with Crippen LogP contribution in [0.25, 0.3) is 0 Å². The van der Waals surface area contributed by atoms with Gasteiger partial charge in [0.15, 0.2) is 0 Å². The Balaban J connectivity index is 1.51. The molecular formula is C15H19N5O. The minimum absolute atomic E-state index is 0.00597. The molecule has 6 nitrogen and oxygen atoms in total. The topological polar surface area (TPSA) is 71.8 Å². The molecule has 0 saturated heterocycles. The maximum atomic E-state index is 11.8. The van der Waals surface area contributed by atoms with Crippen LogP contribution in [0.15, 0.2) is 36.9 Å². The summed E-state index contributed by atoms with van der Waals surface area (Å²) in [5.74, 6) is 0.775. The smallest absolute Gasteiger partial charge is 0.238 e. The Labute approximate surface area is 123 Å². The summed E-state index contributed by atoms with van der Waals surface area (Å²) in [6.07, 6.45) is 5.77. The van der Waals surface area contributed by atoms with Crippen molar-refractivity contribution in [3.63, 3.8) is 0 Å².